The summed E-state index contributed by atoms with van der Waals surface area (Å²) >= 11 is 0. The number of unbranched alkanes of at least 4 members (excludes halogenated alkanes) is 1. The van der Waals surface area contributed by atoms with Gasteiger partial charge in [0.1, 0.15) is 0 Å². The molecular formula is C14H24N2O3. The lowest BCUT2D eigenvalue weighted by Gasteiger charge is -2.23. The Kier molecular flexibility index (Phi) is 4.45. The van der Waals surface area contributed by atoms with E-state index in [1.54, 1.807) is 5.48 Å². The Hall–Kier alpha value is -1.10. The summed E-state index contributed by atoms with van der Waals surface area (Å²) in [5, 5.41) is 8.62. The zero-order valence-electron chi connectivity index (χ0n) is 11.7. The fourth-order valence-electron chi connectivity index (χ4n) is 3.00. The van der Waals surface area contributed by atoms with Gasteiger partial charge in [-0.05, 0) is 31.1 Å². The third-order valence-corrected chi connectivity index (χ3v) is 4.52. The summed E-state index contributed by atoms with van der Waals surface area (Å²) in [6, 6.07) is 0. The lowest BCUT2D eigenvalue weighted by Crippen LogP contribution is -2.37. The van der Waals surface area contributed by atoms with Crippen molar-refractivity contribution < 1.29 is 14.8 Å². The Morgan fingerprint density at radius 2 is 2.11 bits per heavy atom. The summed E-state index contributed by atoms with van der Waals surface area (Å²) in [5.74, 6) is -0.642. The van der Waals surface area contributed by atoms with Crippen LogP contribution in [0.25, 0.3) is 0 Å². The van der Waals surface area contributed by atoms with E-state index in [-0.39, 0.29) is 18.2 Å². The van der Waals surface area contributed by atoms with Gasteiger partial charge in [-0.25, -0.2) is 5.48 Å². The molecule has 2 rings (SSSR count). The van der Waals surface area contributed by atoms with Gasteiger partial charge in [0.05, 0.1) is 0 Å². The Morgan fingerprint density at radius 1 is 1.37 bits per heavy atom. The Morgan fingerprint density at radius 3 is 2.63 bits per heavy atom. The summed E-state index contributed by atoms with van der Waals surface area (Å²) in [4.78, 5) is 25.7. The minimum absolute atomic E-state index is 0.0961. The molecule has 0 unspecified atom stereocenters. The van der Waals surface area contributed by atoms with Crippen LogP contribution in [0.5, 0.6) is 0 Å². The average molecular weight is 268 g/mol. The third-order valence-electron chi connectivity index (χ3n) is 4.52. The molecule has 1 heterocycles. The molecule has 0 aromatic rings. The second kappa shape index (κ2) is 5.90. The maximum atomic E-state index is 12.5. The molecule has 1 atom stereocenters. The van der Waals surface area contributed by atoms with Gasteiger partial charge in [-0.3, -0.25) is 14.8 Å². The molecule has 0 aromatic heterocycles. The summed E-state index contributed by atoms with van der Waals surface area (Å²) in [7, 11) is 0. The summed E-state index contributed by atoms with van der Waals surface area (Å²) < 4.78 is 0. The van der Waals surface area contributed by atoms with Crippen molar-refractivity contribution in [3.63, 3.8) is 0 Å². The van der Waals surface area contributed by atoms with Gasteiger partial charge >= 0.3 is 0 Å². The van der Waals surface area contributed by atoms with Crippen LogP contribution in [-0.4, -0.2) is 35.0 Å². The molecule has 5 nitrogen and oxygen atoms in total. The van der Waals surface area contributed by atoms with E-state index in [1.165, 1.54) is 12.8 Å². The van der Waals surface area contributed by atoms with Gasteiger partial charge in [-0.2, -0.15) is 0 Å². The van der Waals surface area contributed by atoms with Crippen LogP contribution >= 0.6 is 0 Å². The van der Waals surface area contributed by atoms with Crippen LogP contribution < -0.4 is 5.48 Å². The van der Waals surface area contributed by atoms with Crippen molar-refractivity contribution in [3.8, 4) is 0 Å². The number of hydroxylamine groups is 1. The molecule has 1 aliphatic carbocycles. The summed E-state index contributed by atoms with van der Waals surface area (Å²) in [5.41, 5.74) is 2.06. The molecule has 0 radical (unpaired) electrons. The quantitative estimate of drug-likeness (QED) is 0.569. The number of carbonyl (C=O) groups is 2. The Labute approximate surface area is 114 Å². The third kappa shape index (κ3) is 3.47. The van der Waals surface area contributed by atoms with Crippen LogP contribution in [0, 0.1) is 11.3 Å². The van der Waals surface area contributed by atoms with E-state index < -0.39 is 5.91 Å². The molecule has 0 aromatic carbocycles. The first kappa shape index (κ1) is 14.3. The topological polar surface area (TPSA) is 69.6 Å². The van der Waals surface area contributed by atoms with E-state index in [9.17, 15) is 9.59 Å². The van der Waals surface area contributed by atoms with E-state index in [0.717, 1.165) is 38.8 Å². The van der Waals surface area contributed by atoms with Crippen molar-refractivity contribution >= 4 is 11.8 Å². The first-order valence-electron chi connectivity index (χ1n) is 7.32. The molecule has 1 saturated carbocycles. The molecule has 1 spiro atoms. The number of amides is 2. The summed E-state index contributed by atoms with van der Waals surface area (Å²) in [6.07, 6.45) is 6.38. The van der Waals surface area contributed by atoms with Crippen molar-refractivity contribution in [3.05, 3.63) is 0 Å². The van der Waals surface area contributed by atoms with Crippen molar-refractivity contribution in [2.45, 2.75) is 51.9 Å². The highest BCUT2D eigenvalue weighted by Gasteiger charge is 2.49. The molecule has 2 amide bonds. The van der Waals surface area contributed by atoms with Gasteiger partial charge in [0.15, 0.2) is 0 Å². The maximum Gasteiger partial charge on any atom is 0.244 e. The smallest absolute Gasteiger partial charge is 0.244 e. The molecule has 2 fully saturated rings. The zero-order valence-corrected chi connectivity index (χ0v) is 11.7. The highest BCUT2D eigenvalue weighted by Crippen LogP contribution is 2.52. The SMILES string of the molecule is CCCC[C@H](CC(=O)NO)C(=O)N1CCC2(CC2)C1. The lowest BCUT2D eigenvalue weighted by molar-refractivity contribution is -0.140. The van der Waals surface area contributed by atoms with E-state index in [2.05, 4.69) is 6.92 Å². The molecule has 2 N–H and O–H groups in total. The summed E-state index contributed by atoms with van der Waals surface area (Å²) in [6.45, 7) is 3.78. The van der Waals surface area contributed by atoms with Gasteiger partial charge < -0.3 is 4.90 Å². The van der Waals surface area contributed by atoms with E-state index in [0.29, 0.717) is 5.41 Å². The molecule has 1 saturated heterocycles. The first-order chi connectivity index (χ1) is 9.10. The fraction of sp³-hybridized carbons (Fsp3) is 0.857. The van der Waals surface area contributed by atoms with Gasteiger partial charge in [0.2, 0.25) is 11.8 Å². The van der Waals surface area contributed by atoms with E-state index >= 15 is 0 Å². The second-order valence-corrected chi connectivity index (χ2v) is 6.09. The van der Waals surface area contributed by atoms with Crippen molar-refractivity contribution in [2.75, 3.05) is 13.1 Å². The predicted octanol–water partition coefficient (Wildman–Crippen LogP) is 1.70. The minimum Gasteiger partial charge on any atom is -0.342 e. The number of nitrogens with zero attached hydrogens (tertiary/aromatic N) is 1. The van der Waals surface area contributed by atoms with Gasteiger partial charge in [0.25, 0.3) is 0 Å². The first-order valence-corrected chi connectivity index (χ1v) is 7.32. The van der Waals surface area contributed by atoms with Crippen LogP contribution in [0.4, 0.5) is 0 Å². The van der Waals surface area contributed by atoms with Crippen LogP contribution in [0.3, 0.4) is 0 Å². The van der Waals surface area contributed by atoms with Crippen molar-refractivity contribution in [1.82, 2.24) is 10.4 Å². The van der Waals surface area contributed by atoms with Crippen LogP contribution in [-0.2, 0) is 9.59 Å². The molecule has 2 aliphatic rings. The molecule has 5 heteroatoms. The Balaban J connectivity index is 1.92. The van der Waals surface area contributed by atoms with Crippen molar-refractivity contribution in [1.29, 1.82) is 0 Å². The minimum atomic E-state index is -0.463. The Bertz CT molecular complexity index is 353. The highest BCUT2D eigenvalue weighted by atomic mass is 16.5. The number of nitrogens with one attached hydrogen (secondary N) is 1. The molecule has 108 valence electrons. The molecule has 0 bridgehead atoms. The predicted molar refractivity (Wildman–Crippen MR) is 70.4 cm³/mol. The normalized spacial score (nSPS) is 21.5. The van der Waals surface area contributed by atoms with Gasteiger partial charge in [-0.15, -0.1) is 0 Å². The van der Waals surface area contributed by atoms with Gasteiger partial charge in [0, 0.05) is 25.4 Å². The van der Waals surface area contributed by atoms with Crippen LogP contribution in [0.15, 0.2) is 0 Å². The highest BCUT2D eigenvalue weighted by molar-refractivity contribution is 5.85. The maximum absolute atomic E-state index is 12.5. The number of hydrogen-bond donors (Lipinski definition) is 2. The number of hydrogen-bond acceptors (Lipinski definition) is 3. The monoisotopic (exact) mass is 268 g/mol. The largest absolute Gasteiger partial charge is 0.342 e. The van der Waals surface area contributed by atoms with Crippen molar-refractivity contribution in [2.24, 2.45) is 11.3 Å². The number of rotatable bonds is 6. The van der Waals surface area contributed by atoms with E-state index in [4.69, 9.17) is 5.21 Å². The van der Waals surface area contributed by atoms with Gasteiger partial charge in [-0.1, -0.05) is 19.8 Å². The van der Waals surface area contributed by atoms with Crippen LogP contribution in [0.1, 0.15) is 51.9 Å². The molecular weight excluding hydrogens is 244 g/mol. The van der Waals surface area contributed by atoms with Crippen LogP contribution in [0.2, 0.25) is 0 Å². The molecule has 19 heavy (non-hydrogen) atoms. The lowest BCUT2D eigenvalue weighted by atomic mass is 9.96. The average Bonchev–Trinajstić information content (AvgIpc) is 3.03. The standard InChI is InChI=1S/C14H24N2O3/c1-2-3-4-11(9-12(17)15-19)13(18)16-8-7-14(10-16)5-6-14/h11,19H,2-10H2,1H3,(H,15,17)/t11-/m1/s1. The van der Waals surface area contributed by atoms with E-state index in [1.807, 2.05) is 4.90 Å². The number of carbonyl (C=O) groups excluding carboxylic acids is 2. The number of likely N-dealkylation sites (tertiary alicyclic amines) is 1. The molecule has 1 aliphatic heterocycles. The zero-order chi connectivity index (χ0) is 13.9. The second-order valence-electron chi connectivity index (χ2n) is 6.09. The fourth-order valence-corrected chi connectivity index (χ4v) is 3.00.